The highest BCUT2D eigenvalue weighted by Crippen LogP contribution is 2.27. The SMILES string of the molecule is CCC(C)N(C)CC(NC)c1cc(C)ccc1OC. The van der Waals surface area contributed by atoms with Crippen LogP contribution in [0.25, 0.3) is 0 Å². The van der Waals surface area contributed by atoms with Crippen molar-refractivity contribution in [3.63, 3.8) is 0 Å². The molecule has 0 aliphatic rings. The third-order valence-electron chi connectivity index (χ3n) is 3.92. The van der Waals surface area contributed by atoms with E-state index < -0.39 is 0 Å². The van der Waals surface area contributed by atoms with Gasteiger partial charge in [-0.2, -0.15) is 0 Å². The molecular weight excluding hydrogens is 236 g/mol. The molecule has 3 heteroatoms. The van der Waals surface area contributed by atoms with E-state index in [1.807, 2.05) is 7.05 Å². The number of aryl methyl sites for hydroxylation is 1. The highest BCUT2D eigenvalue weighted by atomic mass is 16.5. The van der Waals surface area contributed by atoms with Crippen LogP contribution in [0.5, 0.6) is 5.75 Å². The van der Waals surface area contributed by atoms with Gasteiger partial charge in [0.2, 0.25) is 0 Å². The third kappa shape index (κ3) is 4.22. The van der Waals surface area contributed by atoms with E-state index in [1.54, 1.807) is 7.11 Å². The van der Waals surface area contributed by atoms with Gasteiger partial charge in [0.1, 0.15) is 5.75 Å². The Morgan fingerprint density at radius 3 is 2.58 bits per heavy atom. The van der Waals surface area contributed by atoms with E-state index >= 15 is 0 Å². The number of hydrogen-bond donors (Lipinski definition) is 1. The quantitative estimate of drug-likeness (QED) is 0.819. The average molecular weight is 264 g/mol. The van der Waals surface area contributed by atoms with Crippen molar-refractivity contribution in [2.24, 2.45) is 0 Å². The molecule has 3 nitrogen and oxygen atoms in total. The molecule has 1 aromatic rings. The van der Waals surface area contributed by atoms with Crippen LogP contribution in [0, 0.1) is 6.92 Å². The van der Waals surface area contributed by atoms with Crippen LogP contribution in [0.2, 0.25) is 0 Å². The summed E-state index contributed by atoms with van der Waals surface area (Å²) in [5.41, 5.74) is 2.50. The van der Waals surface area contributed by atoms with Crippen LogP contribution in [0.15, 0.2) is 18.2 Å². The Morgan fingerprint density at radius 1 is 1.37 bits per heavy atom. The fourth-order valence-corrected chi connectivity index (χ4v) is 2.25. The van der Waals surface area contributed by atoms with Crippen LogP contribution in [-0.2, 0) is 0 Å². The van der Waals surface area contributed by atoms with Gasteiger partial charge in [-0.15, -0.1) is 0 Å². The van der Waals surface area contributed by atoms with Gasteiger partial charge >= 0.3 is 0 Å². The van der Waals surface area contributed by atoms with Gasteiger partial charge < -0.3 is 15.0 Å². The summed E-state index contributed by atoms with van der Waals surface area (Å²) in [5.74, 6) is 0.961. The van der Waals surface area contributed by atoms with Gasteiger partial charge in [-0.1, -0.05) is 24.6 Å². The summed E-state index contributed by atoms with van der Waals surface area (Å²) >= 11 is 0. The van der Waals surface area contributed by atoms with E-state index in [-0.39, 0.29) is 6.04 Å². The van der Waals surface area contributed by atoms with Crippen LogP contribution in [-0.4, -0.2) is 38.7 Å². The summed E-state index contributed by atoms with van der Waals surface area (Å²) in [7, 11) is 5.93. The van der Waals surface area contributed by atoms with E-state index in [1.165, 1.54) is 11.1 Å². The fourth-order valence-electron chi connectivity index (χ4n) is 2.25. The van der Waals surface area contributed by atoms with Gasteiger partial charge in [-0.05, 0) is 40.4 Å². The smallest absolute Gasteiger partial charge is 0.123 e. The lowest BCUT2D eigenvalue weighted by Gasteiger charge is -2.29. The first-order valence-corrected chi connectivity index (χ1v) is 7.05. The second-order valence-corrected chi connectivity index (χ2v) is 5.28. The Bertz CT molecular complexity index is 392. The highest BCUT2D eigenvalue weighted by molar-refractivity contribution is 5.39. The molecule has 0 spiro atoms. The summed E-state index contributed by atoms with van der Waals surface area (Å²) in [6.07, 6.45) is 1.16. The number of benzene rings is 1. The van der Waals surface area contributed by atoms with Crippen molar-refractivity contribution >= 4 is 0 Å². The largest absolute Gasteiger partial charge is 0.496 e. The summed E-state index contributed by atoms with van der Waals surface area (Å²) < 4.78 is 5.49. The van der Waals surface area contributed by atoms with Crippen molar-refractivity contribution in [2.75, 3.05) is 27.7 Å². The minimum Gasteiger partial charge on any atom is -0.496 e. The molecule has 0 radical (unpaired) electrons. The van der Waals surface area contributed by atoms with Gasteiger partial charge in [0.15, 0.2) is 0 Å². The number of nitrogens with one attached hydrogen (secondary N) is 1. The molecular formula is C16H28N2O. The van der Waals surface area contributed by atoms with E-state index in [2.05, 4.69) is 56.2 Å². The standard InChI is InChI=1S/C16H28N2O/c1-7-13(3)18(5)11-15(17-4)14-10-12(2)8-9-16(14)19-6/h8-10,13,15,17H,7,11H2,1-6H3. The van der Waals surface area contributed by atoms with Gasteiger partial charge in [0, 0.05) is 24.2 Å². The maximum atomic E-state index is 5.49. The first kappa shape index (κ1) is 16.0. The summed E-state index contributed by atoms with van der Waals surface area (Å²) in [6, 6.07) is 7.23. The molecule has 1 N–H and O–H groups in total. The Labute approximate surface area is 118 Å². The van der Waals surface area contributed by atoms with E-state index in [0.717, 1.165) is 18.7 Å². The predicted octanol–water partition coefficient (Wildman–Crippen LogP) is 2.99. The molecule has 108 valence electrons. The van der Waals surface area contributed by atoms with Gasteiger partial charge in [-0.25, -0.2) is 0 Å². The van der Waals surface area contributed by atoms with Crippen LogP contribution < -0.4 is 10.1 Å². The molecule has 19 heavy (non-hydrogen) atoms. The maximum Gasteiger partial charge on any atom is 0.123 e. The van der Waals surface area contributed by atoms with E-state index in [4.69, 9.17) is 4.74 Å². The zero-order chi connectivity index (χ0) is 14.4. The molecule has 0 amide bonds. The summed E-state index contributed by atoms with van der Waals surface area (Å²) in [4.78, 5) is 2.39. The van der Waals surface area contributed by atoms with Crippen molar-refractivity contribution in [2.45, 2.75) is 39.3 Å². The number of hydrogen-bond acceptors (Lipinski definition) is 3. The predicted molar refractivity (Wildman–Crippen MR) is 81.9 cm³/mol. The molecule has 2 unspecified atom stereocenters. The van der Waals surface area contributed by atoms with Crippen molar-refractivity contribution < 1.29 is 4.74 Å². The van der Waals surface area contributed by atoms with Crippen molar-refractivity contribution in [1.82, 2.24) is 10.2 Å². The average Bonchev–Trinajstić information content (AvgIpc) is 2.43. The Morgan fingerprint density at radius 2 is 2.05 bits per heavy atom. The number of nitrogens with zero attached hydrogens (tertiary/aromatic N) is 1. The number of methoxy groups -OCH3 is 1. The Balaban J connectivity index is 2.93. The second kappa shape index (κ2) is 7.51. The lowest BCUT2D eigenvalue weighted by Crippen LogP contribution is -2.36. The second-order valence-electron chi connectivity index (χ2n) is 5.28. The Hall–Kier alpha value is -1.06. The number of ether oxygens (including phenoxy) is 1. The van der Waals surface area contributed by atoms with Gasteiger partial charge in [0.25, 0.3) is 0 Å². The van der Waals surface area contributed by atoms with Crippen LogP contribution in [0.3, 0.4) is 0 Å². The molecule has 0 bridgehead atoms. The fraction of sp³-hybridized carbons (Fsp3) is 0.625. The minimum absolute atomic E-state index is 0.286. The molecule has 0 fully saturated rings. The van der Waals surface area contributed by atoms with Crippen molar-refractivity contribution in [3.05, 3.63) is 29.3 Å². The maximum absolute atomic E-state index is 5.49. The summed E-state index contributed by atoms with van der Waals surface area (Å²) in [6.45, 7) is 7.59. The summed E-state index contributed by atoms with van der Waals surface area (Å²) in [5, 5.41) is 3.41. The first-order valence-electron chi connectivity index (χ1n) is 7.05. The molecule has 0 aliphatic heterocycles. The number of rotatable bonds is 7. The van der Waals surface area contributed by atoms with Crippen molar-refractivity contribution in [1.29, 1.82) is 0 Å². The van der Waals surface area contributed by atoms with Crippen LogP contribution in [0.1, 0.15) is 37.4 Å². The van der Waals surface area contributed by atoms with Crippen molar-refractivity contribution in [3.8, 4) is 5.75 Å². The van der Waals surface area contributed by atoms with Crippen LogP contribution >= 0.6 is 0 Å². The molecule has 0 aromatic heterocycles. The zero-order valence-electron chi connectivity index (χ0n) is 13.2. The van der Waals surface area contributed by atoms with Gasteiger partial charge in [0.05, 0.1) is 7.11 Å². The lowest BCUT2D eigenvalue weighted by molar-refractivity contribution is 0.226. The minimum atomic E-state index is 0.286. The highest BCUT2D eigenvalue weighted by Gasteiger charge is 2.18. The van der Waals surface area contributed by atoms with E-state index in [9.17, 15) is 0 Å². The molecule has 1 rings (SSSR count). The molecule has 0 heterocycles. The van der Waals surface area contributed by atoms with E-state index in [0.29, 0.717) is 6.04 Å². The lowest BCUT2D eigenvalue weighted by atomic mass is 10.0. The topological polar surface area (TPSA) is 24.5 Å². The first-order chi connectivity index (χ1) is 9.03. The monoisotopic (exact) mass is 264 g/mol. The molecule has 0 saturated carbocycles. The van der Waals surface area contributed by atoms with Crippen LogP contribution in [0.4, 0.5) is 0 Å². The normalized spacial score (nSPS) is 14.5. The molecule has 1 aromatic carbocycles. The Kier molecular flexibility index (Phi) is 6.32. The van der Waals surface area contributed by atoms with Gasteiger partial charge in [-0.3, -0.25) is 0 Å². The zero-order valence-corrected chi connectivity index (χ0v) is 13.2. The molecule has 2 atom stereocenters. The molecule has 0 saturated heterocycles. The molecule has 0 aliphatic carbocycles. The third-order valence-corrected chi connectivity index (χ3v) is 3.92. The number of likely N-dealkylation sites (N-methyl/N-ethyl adjacent to an activating group) is 2.